The van der Waals surface area contributed by atoms with Crippen molar-refractivity contribution in [2.45, 2.75) is 64.5 Å². The van der Waals surface area contributed by atoms with E-state index in [1.54, 1.807) is 17.1 Å². The number of rotatable bonds is 2. The summed E-state index contributed by atoms with van der Waals surface area (Å²) in [5, 5.41) is 16.7. The molecule has 1 amide bonds. The smallest absolute Gasteiger partial charge is 0.255 e. The zero-order valence-corrected chi connectivity index (χ0v) is 13.3. The molecule has 1 aromatic rings. The Morgan fingerprint density at radius 1 is 1.57 bits per heavy atom. The third-order valence-corrected chi connectivity index (χ3v) is 4.10. The molecule has 0 radical (unpaired) electrons. The number of carbonyl (C=O) groups is 1. The Kier molecular flexibility index (Phi) is 4.08. The minimum atomic E-state index is -0.724. The number of nitriles is 1. The average molecular weight is 288 g/mol. The lowest BCUT2D eigenvalue weighted by Crippen LogP contribution is -2.50. The molecule has 0 bridgehead atoms. The maximum absolute atomic E-state index is 12.4. The third-order valence-electron chi connectivity index (χ3n) is 4.10. The molecule has 0 spiro atoms. The first-order chi connectivity index (χ1) is 9.76. The summed E-state index contributed by atoms with van der Waals surface area (Å²) in [5.74, 6) is 0.261. The molecule has 0 saturated heterocycles. The summed E-state index contributed by atoms with van der Waals surface area (Å²) < 4.78 is 1.77. The van der Waals surface area contributed by atoms with Gasteiger partial charge in [-0.15, -0.1) is 0 Å². The Hall–Kier alpha value is -1.83. The fourth-order valence-electron chi connectivity index (χ4n) is 2.89. The number of aromatic nitrogens is 2. The number of carbonyl (C=O) groups excluding carboxylic acids is 1. The van der Waals surface area contributed by atoms with Gasteiger partial charge in [0, 0.05) is 6.20 Å². The lowest BCUT2D eigenvalue weighted by Gasteiger charge is -2.34. The summed E-state index contributed by atoms with van der Waals surface area (Å²) in [7, 11) is 0. The van der Waals surface area contributed by atoms with Crippen molar-refractivity contribution in [1.82, 2.24) is 15.1 Å². The van der Waals surface area contributed by atoms with E-state index in [0.29, 0.717) is 11.5 Å². The summed E-state index contributed by atoms with van der Waals surface area (Å²) >= 11 is 0. The maximum Gasteiger partial charge on any atom is 0.255 e. The Morgan fingerprint density at radius 3 is 2.81 bits per heavy atom. The van der Waals surface area contributed by atoms with E-state index in [-0.39, 0.29) is 11.4 Å². The van der Waals surface area contributed by atoms with E-state index in [1.165, 1.54) is 0 Å². The fraction of sp³-hybridized carbons (Fsp3) is 0.688. The van der Waals surface area contributed by atoms with Crippen molar-refractivity contribution in [2.24, 2.45) is 5.92 Å². The number of nitrogens with zero attached hydrogens (tertiary/aromatic N) is 3. The van der Waals surface area contributed by atoms with Crippen LogP contribution in [0.5, 0.6) is 0 Å². The van der Waals surface area contributed by atoms with Crippen molar-refractivity contribution in [3.63, 3.8) is 0 Å². The highest BCUT2D eigenvalue weighted by atomic mass is 16.1. The molecule has 1 aliphatic rings. The molecular weight excluding hydrogens is 264 g/mol. The number of hydrogen-bond donors (Lipinski definition) is 1. The third kappa shape index (κ3) is 3.44. The summed E-state index contributed by atoms with van der Waals surface area (Å²) in [6.07, 6.45) is 6.87. The summed E-state index contributed by atoms with van der Waals surface area (Å²) in [5.41, 5.74) is -0.374. The lowest BCUT2D eigenvalue weighted by atomic mass is 9.77. The van der Waals surface area contributed by atoms with Crippen molar-refractivity contribution in [3.8, 4) is 6.07 Å². The van der Waals surface area contributed by atoms with Crippen LogP contribution in [0.2, 0.25) is 0 Å². The highest BCUT2D eigenvalue weighted by Crippen LogP contribution is 2.32. The zero-order valence-electron chi connectivity index (χ0n) is 13.3. The Bertz CT molecular complexity index is 564. The van der Waals surface area contributed by atoms with Crippen LogP contribution in [0.1, 0.15) is 63.7 Å². The van der Waals surface area contributed by atoms with Crippen LogP contribution in [-0.2, 0) is 5.54 Å². The molecule has 2 rings (SSSR count). The van der Waals surface area contributed by atoms with Gasteiger partial charge in [0.25, 0.3) is 5.91 Å². The van der Waals surface area contributed by atoms with Gasteiger partial charge in [0.05, 0.1) is 23.4 Å². The van der Waals surface area contributed by atoms with Crippen molar-refractivity contribution in [2.75, 3.05) is 0 Å². The minimum absolute atomic E-state index is 0.162. The van der Waals surface area contributed by atoms with E-state index < -0.39 is 5.54 Å². The van der Waals surface area contributed by atoms with Gasteiger partial charge >= 0.3 is 0 Å². The molecule has 1 heterocycles. The van der Waals surface area contributed by atoms with Crippen LogP contribution in [0.3, 0.4) is 0 Å². The number of hydrogen-bond acceptors (Lipinski definition) is 3. The summed E-state index contributed by atoms with van der Waals surface area (Å²) in [6.45, 7) is 8.22. The molecule has 0 aliphatic heterocycles. The summed E-state index contributed by atoms with van der Waals surface area (Å²) in [4.78, 5) is 12.4. The Morgan fingerprint density at radius 2 is 2.29 bits per heavy atom. The molecule has 1 aromatic heterocycles. The second-order valence-electron chi connectivity index (χ2n) is 7.19. The van der Waals surface area contributed by atoms with Crippen molar-refractivity contribution >= 4 is 5.91 Å². The fourth-order valence-corrected chi connectivity index (χ4v) is 2.89. The van der Waals surface area contributed by atoms with Crippen LogP contribution in [0, 0.1) is 17.2 Å². The molecule has 5 heteroatoms. The van der Waals surface area contributed by atoms with Gasteiger partial charge in [-0.3, -0.25) is 9.48 Å². The first kappa shape index (κ1) is 15.6. The van der Waals surface area contributed by atoms with Gasteiger partial charge in [-0.05, 0) is 46.0 Å². The van der Waals surface area contributed by atoms with Crippen LogP contribution in [0.15, 0.2) is 12.4 Å². The van der Waals surface area contributed by atoms with Gasteiger partial charge < -0.3 is 5.32 Å². The SMILES string of the molecule is CC1CCCC(C#N)(NC(=O)c2cnn(C(C)(C)C)c2)C1. The number of amides is 1. The highest BCUT2D eigenvalue weighted by molar-refractivity contribution is 5.94. The molecule has 2 unspecified atom stereocenters. The second kappa shape index (κ2) is 5.51. The molecule has 0 aromatic carbocycles. The van der Waals surface area contributed by atoms with E-state index in [1.807, 2.05) is 20.8 Å². The van der Waals surface area contributed by atoms with E-state index in [4.69, 9.17) is 0 Å². The van der Waals surface area contributed by atoms with Crippen molar-refractivity contribution in [3.05, 3.63) is 18.0 Å². The standard InChI is InChI=1S/C16H24N4O/c1-12-6-5-7-16(8-12,11-17)19-14(21)13-9-18-20(10-13)15(2,3)4/h9-10,12H,5-8H2,1-4H3,(H,19,21). The molecule has 114 valence electrons. The van der Waals surface area contributed by atoms with Crippen molar-refractivity contribution < 1.29 is 4.79 Å². The minimum Gasteiger partial charge on any atom is -0.334 e. The zero-order chi connectivity index (χ0) is 15.7. The van der Waals surface area contributed by atoms with Crippen LogP contribution in [0.4, 0.5) is 0 Å². The van der Waals surface area contributed by atoms with E-state index in [0.717, 1.165) is 25.7 Å². The number of nitrogens with one attached hydrogen (secondary N) is 1. The Labute approximate surface area is 126 Å². The molecular formula is C16H24N4O. The largest absolute Gasteiger partial charge is 0.334 e. The molecule has 2 atom stereocenters. The molecule has 1 N–H and O–H groups in total. The van der Waals surface area contributed by atoms with Crippen LogP contribution in [0.25, 0.3) is 0 Å². The van der Waals surface area contributed by atoms with Gasteiger partial charge in [-0.2, -0.15) is 10.4 Å². The summed E-state index contributed by atoms with van der Waals surface area (Å²) in [6, 6.07) is 2.33. The van der Waals surface area contributed by atoms with Crippen LogP contribution >= 0.6 is 0 Å². The first-order valence-corrected chi connectivity index (χ1v) is 7.55. The molecule has 1 saturated carbocycles. The topological polar surface area (TPSA) is 70.7 Å². The Balaban J connectivity index is 2.13. The van der Waals surface area contributed by atoms with E-state index >= 15 is 0 Å². The van der Waals surface area contributed by atoms with Gasteiger partial charge in [0.15, 0.2) is 0 Å². The molecule has 5 nitrogen and oxygen atoms in total. The molecule has 1 fully saturated rings. The van der Waals surface area contributed by atoms with E-state index in [2.05, 4.69) is 23.4 Å². The van der Waals surface area contributed by atoms with Gasteiger partial charge in [-0.1, -0.05) is 13.3 Å². The predicted molar refractivity (Wildman–Crippen MR) is 80.7 cm³/mol. The van der Waals surface area contributed by atoms with E-state index in [9.17, 15) is 10.1 Å². The highest BCUT2D eigenvalue weighted by Gasteiger charge is 2.37. The lowest BCUT2D eigenvalue weighted by molar-refractivity contribution is 0.0890. The quantitative estimate of drug-likeness (QED) is 0.909. The predicted octanol–water partition coefficient (Wildman–Crippen LogP) is 2.84. The molecule has 1 aliphatic carbocycles. The van der Waals surface area contributed by atoms with Gasteiger partial charge in [0.2, 0.25) is 0 Å². The average Bonchev–Trinajstić information content (AvgIpc) is 2.88. The normalized spacial score (nSPS) is 26.1. The monoisotopic (exact) mass is 288 g/mol. The van der Waals surface area contributed by atoms with Crippen LogP contribution in [-0.4, -0.2) is 21.2 Å². The molecule has 21 heavy (non-hydrogen) atoms. The van der Waals surface area contributed by atoms with Crippen molar-refractivity contribution in [1.29, 1.82) is 5.26 Å². The second-order valence-corrected chi connectivity index (χ2v) is 7.19. The van der Waals surface area contributed by atoms with Gasteiger partial charge in [0.1, 0.15) is 5.54 Å². The first-order valence-electron chi connectivity index (χ1n) is 7.55. The van der Waals surface area contributed by atoms with Gasteiger partial charge in [-0.25, -0.2) is 0 Å². The van der Waals surface area contributed by atoms with Crippen LogP contribution < -0.4 is 5.32 Å². The maximum atomic E-state index is 12.4.